The first kappa shape index (κ1) is 18.6. The topological polar surface area (TPSA) is 70.1 Å². The zero-order valence-electron chi connectivity index (χ0n) is 13.1. The fourth-order valence-electron chi connectivity index (χ4n) is 1.65. The van der Waals surface area contributed by atoms with Gasteiger partial charge in [-0.15, -0.1) is 0 Å². The predicted octanol–water partition coefficient (Wildman–Crippen LogP) is 0.834. The summed E-state index contributed by atoms with van der Waals surface area (Å²) in [6.07, 6.45) is 0.835. The summed E-state index contributed by atoms with van der Waals surface area (Å²) in [6, 6.07) is 0. The molecule has 0 atom stereocenters. The number of ether oxygens (including phenoxy) is 1. The van der Waals surface area contributed by atoms with Crippen LogP contribution < -0.4 is 0 Å². The molecule has 0 saturated carbocycles. The Morgan fingerprint density at radius 3 is 2.10 bits per heavy atom. The van der Waals surface area contributed by atoms with E-state index in [0.29, 0.717) is 19.7 Å². The van der Waals surface area contributed by atoms with Gasteiger partial charge < -0.3 is 19.6 Å². The molecule has 0 radical (unpaired) electrons. The van der Waals surface area contributed by atoms with Crippen molar-refractivity contribution in [1.82, 2.24) is 9.80 Å². The molecule has 20 heavy (non-hydrogen) atoms. The van der Waals surface area contributed by atoms with Gasteiger partial charge in [0, 0.05) is 31.3 Å². The molecule has 0 bridgehead atoms. The van der Waals surface area contributed by atoms with E-state index in [1.165, 1.54) is 6.92 Å². The largest absolute Gasteiger partial charge is 0.478 e. The minimum Gasteiger partial charge on any atom is -0.478 e. The number of amides is 1. The molecule has 0 aromatic heterocycles. The van der Waals surface area contributed by atoms with E-state index >= 15 is 0 Å². The maximum atomic E-state index is 12.3. The molecule has 0 aliphatic carbocycles. The normalized spacial score (nSPS) is 12.3. The molecule has 0 aromatic carbocycles. The number of aliphatic carboxylic acids is 1. The first-order valence-corrected chi connectivity index (χ1v) is 6.65. The van der Waals surface area contributed by atoms with E-state index in [9.17, 15) is 9.59 Å². The van der Waals surface area contributed by atoms with Crippen molar-refractivity contribution in [3.63, 3.8) is 0 Å². The Balaban J connectivity index is 4.79. The molecule has 0 spiro atoms. The summed E-state index contributed by atoms with van der Waals surface area (Å²) in [5, 5.41) is 8.95. The van der Waals surface area contributed by atoms with Crippen LogP contribution in [0.2, 0.25) is 0 Å². The lowest BCUT2D eigenvalue weighted by Crippen LogP contribution is -2.37. The second kappa shape index (κ2) is 9.50. The van der Waals surface area contributed by atoms with Crippen LogP contribution in [0.25, 0.3) is 0 Å². The second-order valence-corrected chi connectivity index (χ2v) is 5.00. The Labute approximate surface area is 121 Å². The maximum Gasteiger partial charge on any atom is 0.331 e. The minimum atomic E-state index is -1.06. The summed E-state index contributed by atoms with van der Waals surface area (Å²) >= 11 is 0. The summed E-state index contributed by atoms with van der Waals surface area (Å²) in [4.78, 5) is 26.9. The second-order valence-electron chi connectivity index (χ2n) is 5.00. The molecular weight excluding hydrogens is 260 g/mol. The zero-order valence-corrected chi connectivity index (χ0v) is 13.1. The molecular formula is C14H26N2O4. The van der Waals surface area contributed by atoms with Crippen molar-refractivity contribution >= 4 is 11.9 Å². The first-order valence-electron chi connectivity index (χ1n) is 6.65. The van der Waals surface area contributed by atoms with Gasteiger partial charge in [-0.3, -0.25) is 4.79 Å². The molecule has 0 aromatic rings. The molecule has 0 aliphatic rings. The van der Waals surface area contributed by atoms with Crippen LogP contribution in [-0.4, -0.2) is 74.2 Å². The summed E-state index contributed by atoms with van der Waals surface area (Å²) < 4.78 is 5.00. The summed E-state index contributed by atoms with van der Waals surface area (Å²) in [5.41, 5.74) is 0.364. The number of rotatable bonds is 9. The van der Waals surface area contributed by atoms with Crippen LogP contribution in [0.1, 0.15) is 20.3 Å². The third-order valence-corrected chi connectivity index (χ3v) is 3.09. The fourth-order valence-corrected chi connectivity index (χ4v) is 1.65. The van der Waals surface area contributed by atoms with E-state index in [1.807, 2.05) is 19.0 Å². The SMILES string of the molecule is COCCN(CCCN(C)C)C(=O)C(C)=C(C)C(=O)O. The zero-order chi connectivity index (χ0) is 15.7. The van der Waals surface area contributed by atoms with Crippen molar-refractivity contribution in [2.75, 3.05) is 47.4 Å². The molecule has 116 valence electrons. The van der Waals surface area contributed by atoms with Gasteiger partial charge in [-0.2, -0.15) is 0 Å². The summed E-state index contributed by atoms with van der Waals surface area (Å²) in [6.45, 7) is 5.36. The third kappa shape index (κ3) is 6.68. The molecule has 0 heterocycles. The van der Waals surface area contributed by atoms with Gasteiger partial charge in [0.2, 0.25) is 5.91 Å². The van der Waals surface area contributed by atoms with Crippen molar-refractivity contribution in [1.29, 1.82) is 0 Å². The number of carboxylic acids is 1. The number of methoxy groups -OCH3 is 1. The molecule has 0 fully saturated rings. The highest BCUT2D eigenvalue weighted by molar-refractivity contribution is 6.01. The number of carboxylic acid groups (broad SMARTS) is 1. The number of carbonyl (C=O) groups excluding carboxylic acids is 1. The van der Waals surface area contributed by atoms with Crippen LogP contribution in [-0.2, 0) is 14.3 Å². The monoisotopic (exact) mass is 286 g/mol. The fraction of sp³-hybridized carbons (Fsp3) is 0.714. The standard InChI is InChI=1S/C14H26N2O4/c1-11(12(2)14(18)19)13(17)16(9-10-20-5)8-6-7-15(3)4/h6-10H2,1-5H3,(H,18,19). The predicted molar refractivity (Wildman–Crippen MR) is 77.6 cm³/mol. The maximum absolute atomic E-state index is 12.3. The van der Waals surface area contributed by atoms with Crippen LogP contribution in [0.3, 0.4) is 0 Å². The highest BCUT2D eigenvalue weighted by Crippen LogP contribution is 2.09. The summed E-state index contributed by atoms with van der Waals surface area (Å²) in [7, 11) is 5.52. The third-order valence-electron chi connectivity index (χ3n) is 3.09. The molecule has 1 amide bonds. The van der Waals surface area contributed by atoms with Crippen LogP contribution in [0.15, 0.2) is 11.1 Å². The van der Waals surface area contributed by atoms with Crippen molar-refractivity contribution in [3.8, 4) is 0 Å². The van der Waals surface area contributed by atoms with Crippen LogP contribution >= 0.6 is 0 Å². The molecule has 0 unspecified atom stereocenters. The lowest BCUT2D eigenvalue weighted by atomic mass is 10.1. The van der Waals surface area contributed by atoms with E-state index in [1.54, 1.807) is 18.9 Å². The van der Waals surface area contributed by atoms with E-state index in [2.05, 4.69) is 0 Å². The van der Waals surface area contributed by atoms with Crippen molar-refractivity contribution in [2.24, 2.45) is 0 Å². The number of nitrogens with zero attached hydrogens (tertiary/aromatic N) is 2. The average Bonchev–Trinajstić information content (AvgIpc) is 2.39. The Morgan fingerprint density at radius 2 is 1.65 bits per heavy atom. The summed E-state index contributed by atoms with van der Waals surface area (Å²) in [5.74, 6) is -1.29. The highest BCUT2D eigenvalue weighted by Gasteiger charge is 2.19. The molecule has 6 nitrogen and oxygen atoms in total. The van der Waals surface area contributed by atoms with Crippen LogP contribution in [0.5, 0.6) is 0 Å². The van der Waals surface area contributed by atoms with Gasteiger partial charge in [-0.1, -0.05) is 0 Å². The van der Waals surface area contributed by atoms with Crippen LogP contribution in [0.4, 0.5) is 0 Å². The minimum absolute atomic E-state index is 0.0880. The first-order chi connectivity index (χ1) is 9.31. The van der Waals surface area contributed by atoms with Crippen LogP contribution in [0, 0.1) is 0 Å². The number of carbonyl (C=O) groups is 2. The van der Waals surface area contributed by atoms with Gasteiger partial charge in [0.05, 0.1) is 6.61 Å². The highest BCUT2D eigenvalue weighted by atomic mass is 16.5. The Bertz CT molecular complexity index is 364. The van der Waals surface area contributed by atoms with Crippen molar-refractivity contribution in [3.05, 3.63) is 11.1 Å². The van der Waals surface area contributed by atoms with E-state index < -0.39 is 5.97 Å². The molecule has 0 aliphatic heterocycles. The number of hydrogen-bond donors (Lipinski definition) is 1. The lowest BCUT2D eigenvalue weighted by molar-refractivity contribution is -0.134. The molecule has 1 N–H and O–H groups in total. The number of hydrogen-bond acceptors (Lipinski definition) is 4. The smallest absolute Gasteiger partial charge is 0.331 e. The van der Waals surface area contributed by atoms with Crippen molar-refractivity contribution in [2.45, 2.75) is 20.3 Å². The van der Waals surface area contributed by atoms with Crippen molar-refractivity contribution < 1.29 is 19.4 Å². The average molecular weight is 286 g/mol. The molecule has 6 heteroatoms. The van der Waals surface area contributed by atoms with Gasteiger partial charge in [-0.25, -0.2) is 4.79 Å². The Hall–Kier alpha value is -1.40. The lowest BCUT2D eigenvalue weighted by Gasteiger charge is -2.24. The van der Waals surface area contributed by atoms with E-state index in [-0.39, 0.29) is 17.1 Å². The van der Waals surface area contributed by atoms with Gasteiger partial charge >= 0.3 is 5.97 Å². The van der Waals surface area contributed by atoms with Gasteiger partial charge in [-0.05, 0) is 40.9 Å². The van der Waals surface area contributed by atoms with Gasteiger partial charge in [0.1, 0.15) is 0 Å². The van der Waals surface area contributed by atoms with Gasteiger partial charge in [0.15, 0.2) is 0 Å². The Morgan fingerprint density at radius 1 is 1.05 bits per heavy atom. The Kier molecular flexibility index (Phi) is 8.83. The quantitative estimate of drug-likeness (QED) is 0.636. The van der Waals surface area contributed by atoms with E-state index in [4.69, 9.17) is 9.84 Å². The van der Waals surface area contributed by atoms with Gasteiger partial charge in [0.25, 0.3) is 0 Å². The molecule has 0 saturated heterocycles. The molecule has 0 rings (SSSR count). The van der Waals surface area contributed by atoms with E-state index in [0.717, 1.165) is 13.0 Å².